The Hall–Kier alpha value is -1.00. The highest BCUT2D eigenvalue weighted by molar-refractivity contribution is 14.0. The number of rotatable bonds is 7. The number of guanidine groups is 1. The minimum Gasteiger partial charge on any atom is -0.379 e. The molecule has 1 saturated heterocycles. The van der Waals surface area contributed by atoms with Crippen molar-refractivity contribution in [3.05, 3.63) is 35.4 Å². The van der Waals surface area contributed by atoms with Crippen LogP contribution < -0.4 is 10.6 Å². The average Bonchev–Trinajstić information content (AvgIpc) is 2.63. The Morgan fingerprint density at radius 1 is 1.22 bits per heavy atom. The first kappa shape index (κ1) is 24.0. The highest BCUT2D eigenvalue weighted by atomic mass is 127. The standard InChI is InChI=1S/C19H30F2N4O.HI/c1-14(2)18(25-8-10-26-11-9-25)13-24-19(22-3)23-7-6-15-12-16(20)4-5-17(15)21;/h4-5,12,14,18H,6-11,13H2,1-3H3,(H2,22,23,24);1H. The van der Waals surface area contributed by atoms with Gasteiger partial charge in [-0.1, -0.05) is 13.8 Å². The maximum Gasteiger partial charge on any atom is 0.191 e. The molecule has 0 amide bonds. The van der Waals surface area contributed by atoms with Gasteiger partial charge in [-0.15, -0.1) is 24.0 Å². The van der Waals surface area contributed by atoms with Gasteiger partial charge in [-0.05, 0) is 36.1 Å². The van der Waals surface area contributed by atoms with Gasteiger partial charge in [0, 0.05) is 39.3 Å². The first-order valence-corrected chi connectivity index (χ1v) is 9.21. The number of halogens is 3. The monoisotopic (exact) mass is 496 g/mol. The molecule has 1 aliphatic rings. The van der Waals surface area contributed by atoms with Gasteiger partial charge in [0.2, 0.25) is 0 Å². The van der Waals surface area contributed by atoms with Crippen LogP contribution in [0.1, 0.15) is 19.4 Å². The molecule has 1 atom stereocenters. The van der Waals surface area contributed by atoms with E-state index in [9.17, 15) is 8.78 Å². The minimum atomic E-state index is -0.422. The summed E-state index contributed by atoms with van der Waals surface area (Å²) < 4.78 is 32.3. The molecule has 0 aromatic heterocycles. The molecule has 1 unspecified atom stereocenters. The second kappa shape index (κ2) is 12.5. The zero-order chi connectivity index (χ0) is 18.9. The van der Waals surface area contributed by atoms with E-state index in [2.05, 4.69) is 34.4 Å². The number of nitrogens with one attached hydrogen (secondary N) is 2. The SMILES string of the molecule is CN=C(NCCc1cc(F)ccc1F)NCC(C(C)C)N1CCOCC1.I. The van der Waals surface area contributed by atoms with Crippen molar-refractivity contribution < 1.29 is 13.5 Å². The van der Waals surface area contributed by atoms with Gasteiger partial charge in [0.05, 0.1) is 13.2 Å². The number of aliphatic imine (C=N–C) groups is 1. The van der Waals surface area contributed by atoms with Gasteiger partial charge in [0.25, 0.3) is 0 Å². The molecule has 0 spiro atoms. The molecule has 1 aliphatic heterocycles. The van der Waals surface area contributed by atoms with Gasteiger partial charge < -0.3 is 15.4 Å². The molecule has 5 nitrogen and oxygen atoms in total. The fraction of sp³-hybridized carbons (Fsp3) is 0.632. The van der Waals surface area contributed by atoms with Crippen LogP contribution >= 0.6 is 24.0 Å². The zero-order valence-electron chi connectivity index (χ0n) is 16.3. The van der Waals surface area contributed by atoms with E-state index in [1.54, 1.807) is 7.05 Å². The summed E-state index contributed by atoms with van der Waals surface area (Å²) in [7, 11) is 1.71. The summed E-state index contributed by atoms with van der Waals surface area (Å²) in [6, 6.07) is 3.91. The van der Waals surface area contributed by atoms with Crippen LogP contribution in [0.2, 0.25) is 0 Å². The van der Waals surface area contributed by atoms with Gasteiger partial charge >= 0.3 is 0 Å². The number of hydrogen-bond acceptors (Lipinski definition) is 3. The van der Waals surface area contributed by atoms with Crippen molar-refractivity contribution in [3.8, 4) is 0 Å². The van der Waals surface area contributed by atoms with Gasteiger partial charge in [-0.2, -0.15) is 0 Å². The molecule has 0 saturated carbocycles. The lowest BCUT2D eigenvalue weighted by atomic mass is 10.0. The van der Waals surface area contributed by atoms with Crippen molar-refractivity contribution in [2.75, 3.05) is 46.4 Å². The van der Waals surface area contributed by atoms with Gasteiger partial charge in [0.15, 0.2) is 5.96 Å². The Morgan fingerprint density at radius 3 is 2.56 bits per heavy atom. The summed E-state index contributed by atoms with van der Waals surface area (Å²) in [5, 5.41) is 6.52. The Morgan fingerprint density at radius 2 is 1.93 bits per heavy atom. The number of benzene rings is 1. The van der Waals surface area contributed by atoms with E-state index < -0.39 is 5.82 Å². The third-order valence-corrected chi connectivity index (χ3v) is 4.68. The van der Waals surface area contributed by atoms with Gasteiger partial charge in [-0.25, -0.2) is 8.78 Å². The molecular formula is C19H31F2IN4O. The van der Waals surface area contributed by atoms with Crippen LogP contribution in [0.25, 0.3) is 0 Å². The van der Waals surface area contributed by atoms with Crippen LogP contribution in [0.3, 0.4) is 0 Å². The molecule has 1 aromatic rings. The summed E-state index contributed by atoms with van der Waals surface area (Å²) in [6.45, 7) is 9.10. The molecule has 0 aliphatic carbocycles. The van der Waals surface area contributed by atoms with Crippen molar-refractivity contribution in [2.24, 2.45) is 10.9 Å². The van der Waals surface area contributed by atoms with E-state index in [1.807, 2.05) is 0 Å². The molecule has 1 aromatic carbocycles. The maximum atomic E-state index is 13.7. The third kappa shape index (κ3) is 7.87. The van der Waals surface area contributed by atoms with Crippen molar-refractivity contribution >= 4 is 29.9 Å². The molecule has 0 radical (unpaired) electrons. The largest absolute Gasteiger partial charge is 0.379 e. The Bertz CT molecular complexity index is 595. The first-order chi connectivity index (χ1) is 12.5. The van der Waals surface area contributed by atoms with Gasteiger partial charge in [-0.3, -0.25) is 9.89 Å². The van der Waals surface area contributed by atoms with E-state index in [0.29, 0.717) is 36.4 Å². The van der Waals surface area contributed by atoms with E-state index in [4.69, 9.17) is 4.74 Å². The lowest BCUT2D eigenvalue weighted by Crippen LogP contribution is -2.52. The first-order valence-electron chi connectivity index (χ1n) is 9.21. The van der Waals surface area contributed by atoms with Crippen LogP contribution in [-0.4, -0.2) is 63.3 Å². The highest BCUT2D eigenvalue weighted by Gasteiger charge is 2.23. The lowest BCUT2D eigenvalue weighted by molar-refractivity contribution is 0.00752. The van der Waals surface area contributed by atoms with Crippen LogP contribution in [0.4, 0.5) is 8.78 Å². The molecular weight excluding hydrogens is 465 g/mol. The van der Waals surface area contributed by atoms with E-state index in [0.717, 1.165) is 45.0 Å². The topological polar surface area (TPSA) is 48.9 Å². The summed E-state index contributed by atoms with van der Waals surface area (Å²) >= 11 is 0. The predicted octanol–water partition coefficient (Wildman–Crippen LogP) is 2.65. The van der Waals surface area contributed by atoms with Crippen LogP contribution in [0.15, 0.2) is 23.2 Å². The summed E-state index contributed by atoms with van der Waals surface area (Å²) in [4.78, 5) is 6.66. The van der Waals surface area contributed by atoms with Crippen LogP contribution in [0.5, 0.6) is 0 Å². The van der Waals surface area contributed by atoms with Crippen LogP contribution in [0, 0.1) is 17.6 Å². The van der Waals surface area contributed by atoms with Gasteiger partial charge in [0.1, 0.15) is 11.6 Å². The Kier molecular flexibility index (Phi) is 11.1. The molecule has 2 N–H and O–H groups in total. The second-order valence-corrected chi connectivity index (χ2v) is 6.83. The summed E-state index contributed by atoms with van der Waals surface area (Å²) in [5.74, 6) is 0.360. The molecule has 2 rings (SSSR count). The van der Waals surface area contributed by atoms with E-state index >= 15 is 0 Å². The lowest BCUT2D eigenvalue weighted by Gasteiger charge is -2.37. The molecule has 1 heterocycles. The Labute approximate surface area is 178 Å². The van der Waals surface area contributed by atoms with Crippen molar-refractivity contribution in [3.63, 3.8) is 0 Å². The number of nitrogens with zero attached hydrogens (tertiary/aromatic N) is 2. The molecule has 0 bridgehead atoms. The highest BCUT2D eigenvalue weighted by Crippen LogP contribution is 2.12. The normalized spacial score (nSPS) is 16.7. The third-order valence-electron chi connectivity index (χ3n) is 4.68. The quantitative estimate of drug-likeness (QED) is 0.347. The van der Waals surface area contributed by atoms with Crippen molar-refractivity contribution in [1.29, 1.82) is 0 Å². The van der Waals surface area contributed by atoms with Crippen LogP contribution in [-0.2, 0) is 11.2 Å². The van der Waals surface area contributed by atoms with E-state index in [-0.39, 0.29) is 29.8 Å². The zero-order valence-corrected chi connectivity index (χ0v) is 18.6. The number of ether oxygens (including phenoxy) is 1. The molecule has 154 valence electrons. The fourth-order valence-corrected chi connectivity index (χ4v) is 3.17. The second-order valence-electron chi connectivity index (χ2n) is 6.83. The summed E-state index contributed by atoms with van der Waals surface area (Å²) in [6.07, 6.45) is 0.390. The molecule has 27 heavy (non-hydrogen) atoms. The number of hydrogen-bond donors (Lipinski definition) is 2. The smallest absolute Gasteiger partial charge is 0.191 e. The maximum absolute atomic E-state index is 13.7. The Balaban J connectivity index is 0.00000364. The average molecular weight is 496 g/mol. The van der Waals surface area contributed by atoms with Crippen molar-refractivity contribution in [2.45, 2.75) is 26.3 Å². The predicted molar refractivity (Wildman–Crippen MR) is 116 cm³/mol. The summed E-state index contributed by atoms with van der Waals surface area (Å²) in [5.41, 5.74) is 0.362. The molecule has 1 fully saturated rings. The molecule has 8 heteroatoms. The number of morpholine rings is 1. The van der Waals surface area contributed by atoms with E-state index in [1.165, 1.54) is 6.07 Å². The fourth-order valence-electron chi connectivity index (χ4n) is 3.17. The minimum absolute atomic E-state index is 0. The van der Waals surface area contributed by atoms with Crippen molar-refractivity contribution in [1.82, 2.24) is 15.5 Å².